The van der Waals surface area contributed by atoms with Crippen molar-refractivity contribution in [2.45, 2.75) is 33.2 Å². The van der Waals surface area contributed by atoms with E-state index in [1.807, 2.05) is 0 Å². The van der Waals surface area contributed by atoms with Gasteiger partial charge in [0, 0.05) is 26.2 Å². The topological polar surface area (TPSA) is 45.7 Å². The van der Waals surface area contributed by atoms with Gasteiger partial charge in [0.2, 0.25) is 0 Å². The van der Waals surface area contributed by atoms with Crippen LogP contribution in [0.4, 0.5) is 0 Å². The Kier molecular flexibility index (Phi) is 8.33. The lowest BCUT2D eigenvalue weighted by Gasteiger charge is -2.16. The van der Waals surface area contributed by atoms with E-state index in [1.54, 1.807) is 7.11 Å². The molecule has 2 N–H and O–H groups in total. The molecule has 0 aromatic rings. The van der Waals surface area contributed by atoms with E-state index in [9.17, 15) is 0 Å². The summed E-state index contributed by atoms with van der Waals surface area (Å²) in [6, 6.07) is 0.287. The Bertz CT molecular complexity index is 159. The molecule has 1 atom stereocenters. The van der Waals surface area contributed by atoms with Crippen LogP contribution in [0.25, 0.3) is 0 Å². The minimum Gasteiger partial charge on any atom is -0.383 e. The number of methoxy groups -OCH3 is 1. The number of ether oxygens (including phenoxy) is 1. The van der Waals surface area contributed by atoms with E-state index in [-0.39, 0.29) is 6.04 Å². The van der Waals surface area contributed by atoms with E-state index in [2.05, 4.69) is 36.4 Å². The molecule has 0 saturated carbocycles. The van der Waals surface area contributed by atoms with Crippen molar-refractivity contribution in [3.63, 3.8) is 0 Å². The number of hydrogen-bond acceptors (Lipinski definition) is 2. The van der Waals surface area contributed by atoms with Crippen molar-refractivity contribution in [1.29, 1.82) is 0 Å². The molecule has 0 aliphatic rings. The molecule has 0 fully saturated rings. The van der Waals surface area contributed by atoms with Crippen LogP contribution in [0, 0.1) is 0 Å². The molecule has 0 saturated heterocycles. The predicted molar refractivity (Wildman–Crippen MR) is 60.7 cm³/mol. The summed E-state index contributed by atoms with van der Waals surface area (Å²) in [4.78, 5) is 4.39. The zero-order valence-electron chi connectivity index (χ0n) is 9.76. The summed E-state index contributed by atoms with van der Waals surface area (Å²) in [5.74, 6) is 0.874. The van der Waals surface area contributed by atoms with Crippen LogP contribution in [0.2, 0.25) is 0 Å². The number of guanidine groups is 1. The van der Waals surface area contributed by atoms with Crippen molar-refractivity contribution in [2.75, 3.05) is 26.8 Å². The minimum absolute atomic E-state index is 0.287. The first-order chi connectivity index (χ1) is 6.74. The first kappa shape index (κ1) is 13.2. The van der Waals surface area contributed by atoms with Gasteiger partial charge in [-0.25, -0.2) is 0 Å². The van der Waals surface area contributed by atoms with Crippen LogP contribution in [-0.4, -0.2) is 38.8 Å². The largest absolute Gasteiger partial charge is 0.383 e. The van der Waals surface area contributed by atoms with Crippen LogP contribution in [0.3, 0.4) is 0 Å². The zero-order valence-corrected chi connectivity index (χ0v) is 9.76. The summed E-state index contributed by atoms with van der Waals surface area (Å²) in [5.41, 5.74) is 0. The molecule has 84 valence electrons. The fraction of sp³-hybridized carbons (Fsp3) is 0.900. The van der Waals surface area contributed by atoms with E-state index >= 15 is 0 Å². The second-order valence-electron chi connectivity index (χ2n) is 3.26. The van der Waals surface area contributed by atoms with Gasteiger partial charge < -0.3 is 15.4 Å². The Morgan fingerprint density at radius 2 is 2.14 bits per heavy atom. The zero-order chi connectivity index (χ0) is 10.8. The van der Waals surface area contributed by atoms with Gasteiger partial charge >= 0.3 is 0 Å². The van der Waals surface area contributed by atoms with Crippen molar-refractivity contribution in [3.05, 3.63) is 0 Å². The number of rotatable bonds is 6. The fourth-order valence-electron chi connectivity index (χ4n) is 1.07. The molecule has 0 radical (unpaired) electrons. The van der Waals surface area contributed by atoms with Crippen LogP contribution in [0.15, 0.2) is 4.99 Å². The molecule has 0 aliphatic heterocycles. The SMILES string of the molecule is CCCN=C(NCC)NC(C)COC. The quantitative estimate of drug-likeness (QED) is 0.497. The Hall–Kier alpha value is -0.770. The molecule has 0 spiro atoms. The van der Waals surface area contributed by atoms with Crippen LogP contribution < -0.4 is 10.6 Å². The van der Waals surface area contributed by atoms with Gasteiger partial charge in [0.25, 0.3) is 0 Å². The van der Waals surface area contributed by atoms with Gasteiger partial charge in [-0.3, -0.25) is 4.99 Å². The number of hydrogen-bond donors (Lipinski definition) is 2. The lowest BCUT2D eigenvalue weighted by molar-refractivity contribution is 0.179. The summed E-state index contributed by atoms with van der Waals surface area (Å²) in [5, 5.41) is 6.46. The molecule has 0 amide bonds. The van der Waals surface area contributed by atoms with Crippen LogP contribution in [0.5, 0.6) is 0 Å². The van der Waals surface area contributed by atoms with Gasteiger partial charge in [-0.15, -0.1) is 0 Å². The standard InChI is InChI=1S/C10H23N3O/c1-5-7-12-10(11-6-2)13-9(3)8-14-4/h9H,5-8H2,1-4H3,(H2,11,12,13). The second-order valence-corrected chi connectivity index (χ2v) is 3.26. The van der Waals surface area contributed by atoms with Gasteiger partial charge in [0.1, 0.15) is 0 Å². The highest BCUT2D eigenvalue weighted by molar-refractivity contribution is 5.80. The molecular weight excluding hydrogens is 178 g/mol. The molecular formula is C10H23N3O. The van der Waals surface area contributed by atoms with E-state index in [0.29, 0.717) is 6.61 Å². The number of nitrogens with one attached hydrogen (secondary N) is 2. The molecule has 0 rings (SSSR count). The molecule has 0 bridgehead atoms. The van der Waals surface area contributed by atoms with Gasteiger partial charge in [0.15, 0.2) is 5.96 Å². The average molecular weight is 201 g/mol. The smallest absolute Gasteiger partial charge is 0.191 e. The monoisotopic (exact) mass is 201 g/mol. The van der Waals surface area contributed by atoms with E-state index in [1.165, 1.54) is 0 Å². The summed E-state index contributed by atoms with van der Waals surface area (Å²) in [6.45, 7) is 8.68. The van der Waals surface area contributed by atoms with E-state index in [4.69, 9.17) is 4.74 Å². The van der Waals surface area contributed by atoms with Gasteiger partial charge in [-0.2, -0.15) is 0 Å². The number of nitrogens with zero attached hydrogens (tertiary/aromatic N) is 1. The third kappa shape index (κ3) is 6.71. The maximum Gasteiger partial charge on any atom is 0.191 e. The molecule has 0 aromatic heterocycles. The Morgan fingerprint density at radius 1 is 1.43 bits per heavy atom. The van der Waals surface area contributed by atoms with Crippen molar-refractivity contribution >= 4 is 5.96 Å². The number of aliphatic imine (C=N–C) groups is 1. The highest BCUT2D eigenvalue weighted by Gasteiger charge is 2.03. The van der Waals surface area contributed by atoms with Crippen molar-refractivity contribution in [2.24, 2.45) is 4.99 Å². The summed E-state index contributed by atoms with van der Waals surface area (Å²) < 4.78 is 5.04. The molecule has 0 aromatic carbocycles. The summed E-state index contributed by atoms with van der Waals surface area (Å²) in [7, 11) is 1.70. The molecule has 0 aliphatic carbocycles. The maximum absolute atomic E-state index is 5.04. The van der Waals surface area contributed by atoms with Crippen molar-refractivity contribution in [1.82, 2.24) is 10.6 Å². The van der Waals surface area contributed by atoms with E-state index in [0.717, 1.165) is 25.5 Å². The Labute approximate surface area is 87.1 Å². The van der Waals surface area contributed by atoms with Gasteiger partial charge in [0.05, 0.1) is 6.61 Å². The van der Waals surface area contributed by atoms with Gasteiger partial charge in [-0.1, -0.05) is 6.92 Å². The van der Waals surface area contributed by atoms with Crippen LogP contribution >= 0.6 is 0 Å². The molecule has 4 nitrogen and oxygen atoms in total. The minimum atomic E-state index is 0.287. The summed E-state index contributed by atoms with van der Waals surface area (Å²) >= 11 is 0. The normalized spacial score (nSPS) is 13.9. The van der Waals surface area contributed by atoms with Crippen molar-refractivity contribution in [3.8, 4) is 0 Å². The highest BCUT2D eigenvalue weighted by Crippen LogP contribution is 1.84. The molecule has 4 heteroatoms. The average Bonchev–Trinajstić information content (AvgIpc) is 2.15. The first-order valence-corrected chi connectivity index (χ1v) is 5.28. The third-order valence-electron chi connectivity index (χ3n) is 1.64. The summed E-state index contributed by atoms with van der Waals surface area (Å²) in [6.07, 6.45) is 1.06. The molecule has 14 heavy (non-hydrogen) atoms. The Morgan fingerprint density at radius 3 is 2.64 bits per heavy atom. The predicted octanol–water partition coefficient (Wildman–Crippen LogP) is 0.986. The third-order valence-corrected chi connectivity index (χ3v) is 1.64. The van der Waals surface area contributed by atoms with Crippen LogP contribution in [0.1, 0.15) is 27.2 Å². The maximum atomic E-state index is 5.04. The lowest BCUT2D eigenvalue weighted by Crippen LogP contribution is -2.44. The second kappa shape index (κ2) is 8.81. The lowest BCUT2D eigenvalue weighted by atomic mass is 10.4. The fourth-order valence-corrected chi connectivity index (χ4v) is 1.07. The molecule has 1 unspecified atom stereocenters. The molecule has 0 heterocycles. The van der Waals surface area contributed by atoms with Crippen molar-refractivity contribution < 1.29 is 4.74 Å². The Balaban J connectivity index is 3.94. The van der Waals surface area contributed by atoms with Crippen LogP contribution in [-0.2, 0) is 4.74 Å². The van der Waals surface area contributed by atoms with E-state index < -0.39 is 0 Å². The highest BCUT2D eigenvalue weighted by atomic mass is 16.5. The van der Waals surface area contributed by atoms with Gasteiger partial charge in [-0.05, 0) is 20.3 Å². The first-order valence-electron chi connectivity index (χ1n) is 5.28.